The number of aryl methyl sites for hydroxylation is 2. The van der Waals surface area contributed by atoms with Gasteiger partial charge in [-0.1, -0.05) is 30.3 Å². The Labute approximate surface area is 176 Å². The lowest BCUT2D eigenvalue weighted by Gasteiger charge is -2.49. The summed E-state index contributed by atoms with van der Waals surface area (Å²) in [6.07, 6.45) is 10.4. The van der Waals surface area contributed by atoms with Gasteiger partial charge in [0.15, 0.2) is 5.65 Å². The number of amides is 1. The van der Waals surface area contributed by atoms with E-state index in [0.717, 1.165) is 49.2 Å². The van der Waals surface area contributed by atoms with Crippen LogP contribution in [0.2, 0.25) is 0 Å². The van der Waals surface area contributed by atoms with Crippen LogP contribution in [0, 0.1) is 0 Å². The number of nitrogens with one attached hydrogen (secondary N) is 1. The van der Waals surface area contributed by atoms with Gasteiger partial charge in [0.2, 0.25) is 11.9 Å². The number of piperidine rings is 2. The Morgan fingerprint density at radius 1 is 1.13 bits per heavy atom. The molecular weight excluding hydrogens is 376 g/mol. The fourth-order valence-electron chi connectivity index (χ4n) is 5.06. The molecule has 156 valence electrons. The quantitative estimate of drug-likeness (QED) is 0.707. The Bertz CT molecular complexity index is 1020. The van der Waals surface area contributed by atoms with Crippen molar-refractivity contribution in [3.8, 4) is 0 Å². The summed E-state index contributed by atoms with van der Waals surface area (Å²) < 4.78 is 1.94. The first-order chi connectivity index (χ1) is 14.7. The van der Waals surface area contributed by atoms with Gasteiger partial charge in [-0.25, -0.2) is 9.97 Å². The Morgan fingerprint density at radius 3 is 2.67 bits per heavy atom. The standard InChI is InChI=1S/C23H28N6O/c1-28-15-25-22-20(28)14-24-23(27-22)29-18-8-5-9-19(29)13-17(12-18)26-21(30)11-10-16-6-3-2-4-7-16/h2-4,6-7,14-15,17-19H,5,8-13H2,1H3,(H,26,30)/t17?,18-,19+. The summed E-state index contributed by atoms with van der Waals surface area (Å²) in [6.45, 7) is 0. The van der Waals surface area contributed by atoms with Crippen molar-refractivity contribution < 1.29 is 4.79 Å². The van der Waals surface area contributed by atoms with Gasteiger partial charge in [0.05, 0.1) is 12.5 Å². The number of hydrogen-bond acceptors (Lipinski definition) is 5. The lowest BCUT2D eigenvalue weighted by molar-refractivity contribution is -0.122. The third-order valence-corrected chi connectivity index (χ3v) is 6.52. The van der Waals surface area contributed by atoms with Gasteiger partial charge < -0.3 is 14.8 Å². The van der Waals surface area contributed by atoms with E-state index in [0.29, 0.717) is 18.5 Å². The Morgan fingerprint density at radius 2 is 1.90 bits per heavy atom. The molecule has 2 aliphatic rings. The third-order valence-electron chi connectivity index (χ3n) is 6.52. The molecule has 1 N–H and O–H groups in total. The van der Waals surface area contributed by atoms with Crippen molar-refractivity contribution in [1.29, 1.82) is 0 Å². The van der Waals surface area contributed by atoms with E-state index in [1.54, 1.807) is 6.33 Å². The second-order valence-corrected chi connectivity index (χ2v) is 8.60. The zero-order chi connectivity index (χ0) is 20.5. The smallest absolute Gasteiger partial charge is 0.227 e. The number of fused-ring (bicyclic) bond motifs is 3. The van der Waals surface area contributed by atoms with Gasteiger partial charge in [-0.3, -0.25) is 4.79 Å². The average Bonchev–Trinajstić information content (AvgIpc) is 3.12. The fourth-order valence-corrected chi connectivity index (χ4v) is 5.06. The molecule has 2 fully saturated rings. The van der Waals surface area contributed by atoms with Crippen LogP contribution in [0.4, 0.5) is 5.95 Å². The number of carbonyl (C=O) groups is 1. The van der Waals surface area contributed by atoms with Crippen molar-refractivity contribution in [2.75, 3.05) is 4.90 Å². The van der Waals surface area contributed by atoms with Crippen LogP contribution in [0.5, 0.6) is 0 Å². The van der Waals surface area contributed by atoms with Crippen LogP contribution in [-0.2, 0) is 18.3 Å². The molecule has 0 aliphatic carbocycles. The highest BCUT2D eigenvalue weighted by Gasteiger charge is 2.40. The number of nitrogens with zero attached hydrogens (tertiary/aromatic N) is 5. The molecule has 7 nitrogen and oxygen atoms in total. The molecule has 30 heavy (non-hydrogen) atoms. The topological polar surface area (TPSA) is 75.9 Å². The highest BCUT2D eigenvalue weighted by molar-refractivity contribution is 5.76. The molecule has 2 aromatic heterocycles. The van der Waals surface area contributed by atoms with Crippen molar-refractivity contribution >= 4 is 23.0 Å². The number of hydrogen-bond donors (Lipinski definition) is 1. The molecule has 5 rings (SSSR count). The molecule has 1 unspecified atom stereocenters. The summed E-state index contributed by atoms with van der Waals surface area (Å²) in [5, 5.41) is 3.30. The summed E-state index contributed by atoms with van der Waals surface area (Å²) in [6, 6.07) is 11.2. The minimum atomic E-state index is 0.154. The number of carbonyl (C=O) groups excluding carboxylic acids is 1. The van der Waals surface area contributed by atoms with Crippen LogP contribution in [0.3, 0.4) is 0 Å². The van der Waals surface area contributed by atoms with Crippen LogP contribution in [0.25, 0.3) is 11.2 Å². The summed E-state index contributed by atoms with van der Waals surface area (Å²) >= 11 is 0. The number of anilines is 1. The maximum Gasteiger partial charge on any atom is 0.227 e. The fraction of sp³-hybridized carbons (Fsp3) is 0.478. The van der Waals surface area contributed by atoms with Gasteiger partial charge in [-0.05, 0) is 44.1 Å². The predicted octanol–water partition coefficient (Wildman–Crippen LogP) is 3.00. The van der Waals surface area contributed by atoms with Gasteiger partial charge in [-0.15, -0.1) is 0 Å². The Kier molecular flexibility index (Phi) is 5.11. The Balaban J connectivity index is 1.24. The normalized spacial score (nSPS) is 23.5. The molecular formula is C23H28N6O. The third kappa shape index (κ3) is 3.76. The lowest BCUT2D eigenvalue weighted by Crippen LogP contribution is -2.57. The van der Waals surface area contributed by atoms with E-state index in [1.165, 1.54) is 12.0 Å². The summed E-state index contributed by atoms with van der Waals surface area (Å²) in [4.78, 5) is 28.7. The zero-order valence-corrected chi connectivity index (χ0v) is 17.4. The highest BCUT2D eigenvalue weighted by Crippen LogP contribution is 2.36. The lowest BCUT2D eigenvalue weighted by atomic mass is 9.82. The number of imidazole rings is 1. The molecule has 0 saturated carbocycles. The molecule has 1 aromatic carbocycles. The van der Waals surface area contributed by atoms with E-state index in [9.17, 15) is 4.79 Å². The molecule has 2 bridgehead atoms. The van der Waals surface area contributed by atoms with Crippen LogP contribution < -0.4 is 10.2 Å². The van der Waals surface area contributed by atoms with E-state index in [2.05, 4.69) is 32.3 Å². The van der Waals surface area contributed by atoms with E-state index >= 15 is 0 Å². The van der Waals surface area contributed by atoms with E-state index < -0.39 is 0 Å². The van der Waals surface area contributed by atoms with Crippen molar-refractivity contribution in [1.82, 2.24) is 24.8 Å². The number of benzene rings is 1. The van der Waals surface area contributed by atoms with Crippen LogP contribution in [0.1, 0.15) is 44.1 Å². The second-order valence-electron chi connectivity index (χ2n) is 8.60. The molecule has 0 radical (unpaired) electrons. The van der Waals surface area contributed by atoms with Gasteiger partial charge in [0.25, 0.3) is 0 Å². The van der Waals surface area contributed by atoms with Crippen molar-refractivity contribution in [2.24, 2.45) is 7.05 Å². The number of rotatable bonds is 5. The molecule has 2 aliphatic heterocycles. The average molecular weight is 405 g/mol. The van der Waals surface area contributed by atoms with Gasteiger partial charge in [-0.2, -0.15) is 4.98 Å². The van der Waals surface area contributed by atoms with E-state index in [1.807, 2.05) is 36.0 Å². The molecule has 7 heteroatoms. The Hall–Kier alpha value is -2.96. The molecule has 2 saturated heterocycles. The predicted molar refractivity (Wildman–Crippen MR) is 116 cm³/mol. The molecule has 4 heterocycles. The maximum atomic E-state index is 12.5. The molecule has 0 spiro atoms. The van der Waals surface area contributed by atoms with Crippen LogP contribution in [-0.4, -0.2) is 43.6 Å². The largest absolute Gasteiger partial charge is 0.353 e. The summed E-state index contributed by atoms with van der Waals surface area (Å²) in [5.41, 5.74) is 2.91. The first-order valence-electron chi connectivity index (χ1n) is 10.9. The monoisotopic (exact) mass is 404 g/mol. The first kappa shape index (κ1) is 19.0. The molecule has 3 aromatic rings. The van der Waals surface area contributed by atoms with Gasteiger partial charge in [0, 0.05) is 31.6 Å². The minimum absolute atomic E-state index is 0.154. The summed E-state index contributed by atoms with van der Waals surface area (Å²) in [7, 11) is 1.96. The minimum Gasteiger partial charge on any atom is -0.353 e. The van der Waals surface area contributed by atoms with Crippen molar-refractivity contribution in [3.63, 3.8) is 0 Å². The zero-order valence-electron chi connectivity index (χ0n) is 17.4. The van der Waals surface area contributed by atoms with Crippen molar-refractivity contribution in [3.05, 3.63) is 48.4 Å². The number of aromatic nitrogens is 4. The van der Waals surface area contributed by atoms with Crippen LogP contribution in [0.15, 0.2) is 42.9 Å². The van der Waals surface area contributed by atoms with Gasteiger partial charge in [0.1, 0.15) is 5.52 Å². The molecule has 1 amide bonds. The van der Waals surface area contributed by atoms with Crippen molar-refractivity contribution in [2.45, 2.75) is 63.1 Å². The SMILES string of the molecule is Cn1cnc2nc(N3[C@@H]4CCC[C@H]3CC(NC(=O)CCc3ccccc3)C4)ncc21. The summed E-state index contributed by atoms with van der Waals surface area (Å²) in [5.74, 6) is 0.936. The highest BCUT2D eigenvalue weighted by atomic mass is 16.1. The van der Waals surface area contributed by atoms with E-state index in [-0.39, 0.29) is 11.9 Å². The van der Waals surface area contributed by atoms with E-state index in [4.69, 9.17) is 4.98 Å². The van der Waals surface area contributed by atoms with Gasteiger partial charge >= 0.3 is 0 Å². The second kappa shape index (κ2) is 8.05. The first-order valence-corrected chi connectivity index (χ1v) is 10.9. The molecule has 3 atom stereocenters. The van der Waals surface area contributed by atoms with Crippen LogP contribution >= 0.6 is 0 Å². The maximum absolute atomic E-state index is 12.5.